The molecular formula is C12H10F3NO3S. The third-order valence-electron chi connectivity index (χ3n) is 2.94. The number of amides is 1. The molecule has 0 bridgehead atoms. The molecule has 1 aliphatic rings. The van der Waals surface area contributed by atoms with Crippen LogP contribution in [0.3, 0.4) is 0 Å². The van der Waals surface area contributed by atoms with Crippen molar-refractivity contribution in [1.82, 2.24) is 4.90 Å². The van der Waals surface area contributed by atoms with E-state index in [0.29, 0.717) is 12.1 Å². The molecule has 4 nitrogen and oxygen atoms in total. The highest BCUT2D eigenvalue weighted by Gasteiger charge is 2.43. The van der Waals surface area contributed by atoms with Gasteiger partial charge in [-0.3, -0.25) is 4.79 Å². The SMILES string of the molecule is CC(=O)N1[C@@H](c2c(F)cc(F)cc2F)SC[C@H]1C(=O)O. The fraction of sp³-hybridized carbons (Fsp3) is 0.333. The number of carbonyl (C=O) groups is 2. The van der Waals surface area contributed by atoms with Crippen LogP contribution >= 0.6 is 11.8 Å². The third-order valence-corrected chi connectivity index (χ3v) is 4.23. The molecule has 0 aliphatic carbocycles. The van der Waals surface area contributed by atoms with Gasteiger partial charge in [0.2, 0.25) is 5.91 Å². The largest absolute Gasteiger partial charge is 0.480 e. The Bertz CT molecular complexity index is 558. The average Bonchev–Trinajstić information content (AvgIpc) is 2.72. The van der Waals surface area contributed by atoms with E-state index in [9.17, 15) is 22.8 Å². The first kappa shape index (κ1) is 14.7. The summed E-state index contributed by atoms with van der Waals surface area (Å²) in [7, 11) is 0. The van der Waals surface area contributed by atoms with Crippen molar-refractivity contribution in [2.24, 2.45) is 0 Å². The van der Waals surface area contributed by atoms with E-state index < -0.39 is 46.3 Å². The van der Waals surface area contributed by atoms with E-state index in [-0.39, 0.29) is 5.75 Å². The van der Waals surface area contributed by atoms with Crippen LogP contribution in [0.4, 0.5) is 13.2 Å². The van der Waals surface area contributed by atoms with Gasteiger partial charge in [-0.15, -0.1) is 11.8 Å². The molecule has 0 spiro atoms. The number of hydrogen-bond acceptors (Lipinski definition) is 3. The van der Waals surface area contributed by atoms with Gasteiger partial charge in [-0.25, -0.2) is 18.0 Å². The van der Waals surface area contributed by atoms with Crippen LogP contribution in [0.5, 0.6) is 0 Å². The molecule has 2 atom stereocenters. The zero-order valence-corrected chi connectivity index (χ0v) is 11.1. The lowest BCUT2D eigenvalue weighted by atomic mass is 10.1. The van der Waals surface area contributed by atoms with Crippen LogP contribution in [0.1, 0.15) is 17.9 Å². The molecule has 1 aromatic rings. The highest BCUT2D eigenvalue weighted by Crippen LogP contribution is 2.43. The van der Waals surface area contributed by atoms with Crippen molar-refractivity contribution >= 4 is 23.6 Å². The summed E-state index contributed by atoms with van der Waals surface area (Å²) >= 11 is 0.924. The van der Waals surface area contributed by atoms with Gasteiger partial charge >= 0.3 is 5.97 Å². The van der Waals surface area contributed by atoms with Crippen LogP contribution in [-0.4, -0.2) is 33.7 Å². The number of carboxylic acids is 1. The van der Waals surface area contributed by atoms with Crippen LogP contribution in [0, 0.1) is 17.5 Å². The number of nitrogens with zero attached hydrogens (tertiary/aromatic N) is 1. The monoisotopic (exact) mass is 305 g/mol. The normalized spacial score (nSPS) is 22.1. The maximum atomic E-state index is 13.7. The Labute approximate surface area is 116 Å². The molecule has 0 unspecified atom stereocenters. The first-order chi connectivity index (χ1) is 9.32. The topological polar surface area (TPSA) is 57.6 Å². The Hall–Kier alpha value is -1.70. The maximum Gasteiger partial charge on any atom is 0.327 e. The molecule has 0 radical (unpaired) electrons. The Balaban J connectivity index is 2.47. The quantitative estimate of drug-likeness (QED) is 0.909. The molecule has 1 aliphatic heterocycles. The number of carbonyl (C=O) groups excluding carboxylic acids is 1. The molecule has 1 amide bonds. The first-order valence-corrected chi connectivity index (χ1v) is 6.65. The van der Waals surface area contributed by atoms with Crippen molar-refractivity contribution in [3.63, 3.8) is 0 Å². The molecule has 0 saturated carbocycles. The lowest BCUT2D eigenvalue weighted by Gasteiger charge is -2.26. The van der Waals surface area contributed by atoms with Crippen LogP contribution in [0.15, 0.2) is 12.1 Å². The second-order valence-electron chi connectivity index (χ2n) is 4.25. The number of hydrogen-bond donors (Lipinski definition) is 1. The Morgan fingerprint density at radius 3 is 2.30 bits per heavy atom. The van der Waals surface area contributed by atoms with Crippen molar-refractivity contribution in [2.45, 2.75) is 18.3 Å². The van der Waals surface area contributed by atoms with Crippen molar-refractivity contribution in [3.05, 3.63) is 35.1 Å². The summed E-state index contributed by atoms with van der Waals surface area (Å²) < 4.78 is 40.4. The molecule has 0 aromatic heterocycles. The predicted octanol–water partition coefficient (Wildman–Crippen LogP) is 2.15. The number of halogens is 3. The Morgan fingerprint density at radius 1 is 1.30 bits per heavy atom. The molecule has 20 heavy (non-hydrogen) atoms. The molecule has 8 heteroatoms. The molecule has 1 saturated heterocycles. The zero-order valence-electron chi connectivity index (χ0n) is 10.3. The number of carboxylic acid groups (broad SMARTS) is 1. The molecule has 1 heterocycles. The van der Waals surface area contributed by atoms with Gasteiger partial charge in [0, 0.05) is 24.8 Å². The van der Waals surface area contributed by atoms with Gasteiger partial charge in [-0.05, 0) is 0 Å². The lowest BCUT2D eigenvalue weighted by molar-refractivity contribution is -0.148. The summed E-state index contributed by atoms with van der Waals surface area (Å²) in [5.41, 5.74) is -0.504. The fourth-order valence-corrected chi connectivity index (χ4v) is 3.61. The molecule has 1 aromatic carbocycles. The first-order valence-electron chi connectivity index (χ1n) is 5.60. The predicted molar refractivity (Wildman–Crippen MR) is 65.5 cm³/mol. The van der Waals surface area contributed by atoms with E-state index in [1.807, 2.05) is 0 Å². The summed E-state index contributed by atoms with van der Waals surface area (Å²) in [4.78, 5) is 23.5. The van der Waals surface area contributed by atoms with Gasteiger partial charge in [0.25, 0.3) is 0 Å². The Morgan fingerprint density at radius 2 is 1.85 bits per heavy atom. The second kappa shape index (κ2) is 5.35. The van der Waals surface area contributed by atoms with Crippen LogP contribution in [0.25, 0.3) is 0 Å². The van der Waals surface area contributed by atoms with Crippen LogP contribution < -0.4 is 0 Å². The summed E-state index contributed by atoms with van der Waals surface area (Å²) in [6, 6.07) is -0.150. The smallest absolute Gasteiger partial charge is 0.327 e. The zero-order chi connectivity index (χ0) is 15.0. The minimum Gasteiger partial charge on any atom is -0.480 e. The van der Waals surface area contributed by atoms with E-state index in [1.165, 1.54) is 0 Å². The van der Waals surface area contributed by atoms with Gasteiger partial charge in [-0.2, -0.15) is 0 Å². The summed E-state index contributed by atoms with van der Waals surface area (Å²) in [6.07, 6.45) is 0. The summed E-state index contributed by atoms with van der Waals surface area (Å²) in [5.74, 6) is -5.21. The van der Waals surface area contributed by atoms with Crippen molar-refractivity contribution in [3.8, 4) is 0 Å². The highest BCUT2D eigenvalue weighted by atomic mass is 32.2. The number of thioether (sulfide) groups is 1. The van der Waals surface area contributed by atoms with Gasteiger partial charge < -0.3 is 10.0 Å². The number of rotatable bonds is 2. The molecular weight excluding hydrogens is 295 g/mol. The van der Waals surface area contributed by atoms with Crippen LogP contribution in [0.2, 0.25) is 0 Å². The minimum absolute atomic E-state index is 0.00976. The minimum atomic E-state index is -1.25. The summed E-state index contributed by atoms with van der Waals surface area (Å²) in [5, 5.41) is 7.91. The molecule has 108 valence electrons. The standard InChI is InChI=1S/C12H10F3NO3S/c1-5(17)16-9(12(18)19)4-20-11(16)10-7(14)2-6(13)3-8(10)15/h2-3,9,11H,4H2,1H3,(H,18,19)/t9-,11+/m0/s1. The van der Waals surface area contributed by atoms with Gasteiger partial charge in [0.15, 0.2) is 0 Å². The Kier molecular flexibility index (Phi) is 3.94. The van der Waals surface area contributed by atoms with Crippen molar-refractivity contribution in [1.29, 1.82) is 0 Å². The summed E-state index contributed by atoms with van der Waals surface area (Å²) in [6.45, 7) is 1.12. The van der Waals surface area contributed by atoms with E-state index in [2.05, 4.69) is 0 Å². The highest BCUT2D eigenvalue weighted by molar-refractivity contribution is 7.99. The molecule has 2 rings (SSSR count). The third kappa shape index (κ3) is 2.47. The molecule has 1 N–H and O–H groups in total. The second-order valence-corrected chi connectivity index (χ2v) is 5.36. The number of aliphatic carboxylic acids is 1. The van der Waals surface area contributed by atoms with E-state index >= 15 is 0 Å². The fourth-order valence-electron chi connectivity index (χ4n) is 2.09. The van der Waals surface area contributed by atoms with Crippen LogP contribution in [-0.2, 0) is 9.59 Å². The van der Waals surface area contributed by atoms with E-state index in [1.54, 1.807) is 0 Å². The van der Waals surface area contributed by atoms with Crippen molar-refractivity contribution < 1.29 is 27.9 Å². The van der Waals surface area contributed by atoms with Gasteiger partial charge in [-0.1, -0.05) is 0 Å². The van der Waals surface area contributed by atoms with Crippen molar-refractivity contribution in [2.75, 3.05) is 5.75 Å². The van der Waals surface area contributed by atoms with E-state index in [4.69, 9.17) is 5.11 Å². The lowest BCUT2D eigenvalue weighted by Crippen LogP contribution is -2.42. The number of benzene rings is 1. The maximum absolute atomic E-state index is 13.7. The molecule has 1 fully saturated rings. The van der Waals surface area contributed by atoms with Gasteiger partial charge in [0.05, 0.1) is 5.56 Å². The van der Waals surface area contributed by atoms with Gasteiger partial charge in [0.1, 0.15) is 28.9 Å². The average molecular weight is 305 g/mol. The van der Waals surface area contributed by atoms with E-state index in [0.717, 1.165) is 23.6 Å².